The zero-order valence-electron chi connectivity index (χ0n) is 18.5. The molecular formula is C17H14F3N7O3S. The molecule has 0 spiro atoms. The lowest BCUT2D eigenvalue weighted by molar-refractivity contribution is -0.137. The number of aryl methyl sites for hydroxylation is 1. The van der Waals surface area contributed by atoms with Crippen molar-refractivity contribution in [2.75, 3.05) is 11.8 Å². The Bertz CT molecular complexity index is 1470. The van der Waals surface area contributed by atoms with Gasteiger partial charge in [-0.3, -0.25) is 9.40 Å². The van der Waals surface area contributed by atoms with E-state index in [4.69, 9.17) is 8.85 Å². The minimum atomic E-state index is -4.60. The van der Waals surface area contributed by atoms with Crippen LogP contribution in [0.1, 0.15) is 9.68 Å². The van der Waals surface area contributed by atoms with E-state index in [1.54, 1.807) is 0 Å². The monoisotopic (exact) mass is 456 g/mol. The van der Waals surface area contributed by atoms with Crippen LogP contribution >= 0.6 is 0 Å². The summed E-state index contributed by atoms with van der Waals surface area (Å²) in [6.45, 7) is -2.73. The lowest BCUT2D eigenvalue weighted by Crippen LogP contribution is -2.15. The summed E-state index contributed by atoms with van der Waals surface area (Å²) in [6.07, 6.45) is 0.122. The number of nitrogens with one attached hydrogen (secondary N) is 1. The van der Waals surface area contributed by atoms with E-state index in [1.807, 2.05) is 0 Å². The Kier molecular flexibility index (Phi) is 3.97. The van der Waals surface area contributed by atoms with Crippen LogP contribution in [0.15, 0.2) is 48.0 Å². The van der Waals surface area contributed by atoms with E-state index in [2.05, 4.69) is 24.9 Å². The molecule has 4 rings (SSSR count). The summed E-state index contributed by atoms with van der Waals surface area (Å²) >= 11 is 0. The van der Waals surface area contributed by atoms with Crippen molar-refractivity contribution in [3.8, 4) is 11.7 Å². The normalized spacial score (nSPS) is 14.1. The third-order valence-corrected chi connectivity index (χ3v) is 5.51. The molecule has 4 aromatic rings. The summed E-state index contributed by atoms with van der Waals surface area (Å²) in [6, 6.07) is 2.26. The van der Waals surface area contributed by atoms with E-state index in [9.17, 15) is 21.6 Å². The summed E-state index contributed by atoms with van der Waals surface area (Å²) < 4.78 is 96.1. The molecule has 4 heterocycles. The van der Waals surface area contributed by atoms with E-state index >= 15 is 0 Å². The van der Waals surface area contributed by atoms with E-state index in [-0.39, 0.29) is 33.2 Å². The summed E-state index contributed by atoms with van der Waals surface area (Å²) in [5.41, 5.74) is -1.35. The third-order valence-electron chi connectivity index (χ3n) is 4.17. The molecule has 0 bridgehead atoms. The van der Waals surface area contributed by atoms with Crippen LogP contribution in [-0.4, -0.2) is 45.1 Å². The van der Waals surface area contributed by atoms with Gasteiger partial charge in [0.1, 0.15) is 10.6 Å². The molecule has 0 aliphatic heterocycles. The molecule has 0 atom stereocenters. The van der Waals surface area contributed by atoms with Crippen LogP contribution in [0.25, 0.3) is 16.7 Å². The number of anilines is 1. The Labute approximate surface area is 177 Å². The quantitative estimate of drug-likeness (QED) is 0.490. The van der Waals surface area contributed by atoms with Crippen LogP contribution in [0, 0.1) is 0 Å². The molecule has 0 fully saturated rings. The van der Waals surface area contributed by atoms with Crippen LogP contribution in [0.2, 0.25) is 0 Å². The molecule has 0 aromatic carbocycles. The number of pyridine rings is 2. The van der Waals surface area contributed by atoms with Crippen molar-refractivity contribution in [1.29, 1.82) is 0 Å². The number of fused-ring (bicyclic) bond motifs is 1. The van der Waals surface area contributed by atoms with Gasteiger partial charge >= 0.3 is 6.18 Å². The molecule has 14 heteroatoms. The zero-order valence-corrected chi connectivity index (χ0v) is 16.3. The smallest absolute Gasteiger partial charge is 0.419 e. The number of halogens is 3. The topological polar surface area (TPSA) is 117 Å². The van der Waals surface area contributed by atoms with Crippen molar-refractivity contribution in [1.82, 2.24) is 29.5 Å². The first kappa shape index (κ1) is 17.0. The van der Waals surface area contributed by atoms with Crippen molar-refractivity contribution < 1.29 is 30.4 Å². The molecule has 162 valence electrons. The molecule has 4 aromatic heterocycles. The first-order valence-electron chi connectivity index (χ1n) is 9.83. The fourth-order valence-corrected chi connectivity index (χ4v) is 3.71. The highest BCUT2D eigenvalue weighted by Crippen LogP contribution is 2.32. The number of alkyl halides is 3. The van der Waals surface area contributed by atoms with Gasteiger partial charge in [0.2, 0.25) is 5.88 Å². The highest BCUT2D eigenvalue weighted by molar-refractivity contribution is 7.92. The van der Waals surface area contributed by atoms with Crippen molar-refractivity contribution in [2.24, 2.45) is 6.98 Å². The standard InChI is InChI=1S/C17H14F3N7O3S/c1-26-15-10(6-23-26)5-22-16(30-2)14(15)25-31(28,29)12-3-4-13(21-8-12)27-9-11(7-24-27)17(18,19)20/h3-9,25H,1-2H3/i1D3. The molecule has 31 heavy (non-hydrogen) atoms. The summed E-state index contributed by atoms with van der Waals surface area (Å²) in [4.78, 5) is 7.47. The van der Waals surface area contributed by atoms with Crippen molar-refractivity contribution >= 4 is 26.6 Å². The molecule has 10 nitrogen and oxygen atoms in total. The maximum atomic E-state index is 13.0. The second-order valence-corrected chi connectivity index (χ2v) is 7.81. The Hall–Kier alpha value is -3.68. The van der Waals surface area contributed by atoms with Gasteiger partial charge in [0.15, 0.2) is 5.82 Å². The van der Waals surface area contributed by atoms with Gasteiger partial charge in [-0.05, 0) is 12.1 Å². The zero-order chi connectivity index (χ0) is 24.9. The summed E-state index contributed by atoms with van der Waals surface area (Å²) in [7, 11) is -3.14. The lowest BCUT2D eigenvalue weighted by Gasteiger charge is -2.13. The number of nitrogens with zero attached hydrogens (tertiary/aromatic N) is 6. The van der Waals surface area contributed by atoms with E-state index in [0.717, 1.165) is 23.0 Å². The van der Waals surface area contributed by atoms with Crippen LogP contribution < -0.4 is 9.46 Å². The summed E-state index contributed by atoms with van der Waals surface area (Å²) in [5, 5.41) is 7.61. The minimum Gasteiger partial charge on any atom is -0.479 e. The second kappa shape index (κ2) is 7.23. The van der Waals surface area contributed by atoms with E-state index in [0.29, 0.717) is 17.1 Å². The van der Waals surface area contributed by atoms with Crippen LogP contribution in [0.4, 0.5) is 18.9 Å². The van der Waals surface area contributed by atoms with Crippen LogP contribution in [0.3, 0.4) is 0 Å². The summed E-state index contributed by atoms with van der Waals surface area (Å²) in [5.74, 6) is -0.265. The Morgan fingerprint density at radius 2 is 1.94 bits per heavy atom. The van der Waals surface area contributed by atoms with Crippen molar-refractivity contribution in [3.63, 3.8) is 0 Å². The number of aromatic nitrogens is 6. The maximum Gasteiger partial charge on any atom is 0.419 e. The van der Waals surface area contributed by atoms with Crippen LogP contribution in [0.5, 0.6) is 5.88 Å². The molecule has 0 amide bonds. The predicted molar refractivity (Wildman–Crippen MR) is 102 cm³/mol. The average Bonchev–Trinajstić information content (AvgIpc) is 3.41. The van der Waals surface area contributed by atoms with Gasteiger partial charge in [0.05, 0.1) is 30.6 Å². The van der Waals surface area contributed by atoms with Gasteiger partial charge < -0.3 is 4.74 Å². The number of methoxy groups -OCH3 is 1. The predicted octanol–water partition coefficient (Wildman–Crippen LogP) is 2.38. The highest BCUT2D eigenvalue weighted by atomic mass is 32.2. The fourth-order valence-electron chi connectivity index (χ4n) is 2.70. The molecular weight excluding hydrogens is 439 g/mol. The largest absolute Gasteiger partial charge is 0.479 e. The molecule has 0 aliphatic rings. The highest BCUT2D eigenvalue weighted by Gasteiger charge is 2.32. The fraction of sp³-hybridized carbons (Fsp3) is 0.176. The second-order valence-electron chi connectivity index (χ2n) is 6.13. The van der Waals surface area contributed by atoms with Gasteiger partial charge in [0, 0.05) is 35.1 Å². The first-order chi connectivity index (χ1) is 15.8. The molecule has 0 saturated carbocycles. The van der Waals surface area contributed by atoms with Gasteiger partial charge in [-0.2, -0.15) is 23.4 Å². The number of hydrogen-bond acceptors (Lipinski definition) is 7. The Morgan fingerprint density at radius 1 is 1.13 bits per heavy atom. The number of sulfonamides is 1. The molecule has 0 aliphatic carbocycles. The van der Waals surface area contributed by atoms with Gasteiger partial charge in [0.25, 0.3) is 10.0 Å². The molecule has 0 saturated heterocycles. The first-order valence-corrected chi connectivity index (χ1v) is 9.82. The number of ether oxygens (including phenoxy) is 1. The maximum absolute atomic E-state index is 13.0. The van der Waals surface area contributed by atoms with E-state index < -0.39 is 28.7 Å². The van der Waals surface area contributed by atoms with Gasteiger partial charge in [-0.25, -0.2) is 23.1 Å². The van der Waals surface area contributed by atoms with Crippen molar-refractivity contribution in [2.45, 2.75) is 11.1 Å². The lowest BCUT2D eigenvalue weighted by atomic mass is 10.3. The molecule has 1 N–H and O–H groups in total. The van der Waals surface area contributed by atoms with Crippen molar-refractivity contribution in [3.05, 3.63) is 48.7 Å². The molecule has 0 radical (unpaired) electrons. The number of hydrogen-bond donors (Lipinski definition) is 1. The minimum absolute atomic E-state index is 0.0590. The third kappa shape index (κ3) is 3.76. The van der Waals surface area contributed by atoms with Crippen LogP contribution in [-0.2, 0) is 23.2 Å². The molecule has 0 unspecified atom stereocenters. The Morgan fingerprint density at radius 3 is 2.55 bits per heavy atom. The SMILES string of the molecule is [2H]C([2H])([2H])n1ncc2cnc(OC)c(NS(=O)(=O)c3ccc(-n4cc(C(F)(F)F)cn4)nc3)c21. The van der Waals surface area contributed by atoms with E-state index in [1.165, 1.54) is 19.5 Å². The number of rotatable bonds is 5. The van der Waals surface area contributed by atoms with Gasteiger partial charge in [-0.15, -0.1) is 0 Å². The average molecular weight is 456 g/mol. The van der Waals surface area contributed by atoms with Gasteiger partial charge in [-0.1, -0.05) is 0 Å². The Balaban J connectivity index is 1.71.